The molecule has 1 amide bonds. The van der Waals surface area contributed by atoms with Gasteiger partial charge in [0.15, 0.2) is 9.84 Å². The van der Waals surface area contributed by atoms with E-state index in [-0.39, 0.29) is 23.0 Å². The molecular formula is C16H17N3O3S. The molecule has 0 fully saturated rings. The fraction of sp³-hybridized carbons (Fsp3) is 0.312. The third-order valence-electron chi connectivity index (χ3n) is 3.90. The summed E-state index contributed by atoms with van der Waals surface area (Å²) in [5.41, 5.74) is 1.89. The van der Waals surface area contributed by atoms with Crippen LogP contribution in [0.1, 0.15) is 17.7 Å². The highest BCUT2D eigenvalue weighted by molar-refractivity contribution is 7.91. The van der Waals surface area contributed by atoms with E-state index in [0.29, 0.717) is 19.5 Å². The van der Waals surface area contributed by atoms with E-state index in [1.54, 1.807) is 41.4 Å². The van der Waals surface area contributed by atoms with E-state index in [1.807, 2.05) is 0 Å². The standard InChI is InChI=1S/C16H17N3O3S/c20-16(7-9-23(21,22)14-4-2-1-3-5-14)19-8-6-15-13(11-19)10-17-12-18-15/h1-5,10,12H,6-9,11H2. The zero-order valence-electron chi connectivity index (χ0n) is 12.6. The molecule has 0 spiro atoms. The van der Waals surface area contributed by atoms with Gasteiger partial charge in [-0.25, -0.2) is 18.4 Å². The van der Waals surface area contributed by atoms with Gasteiger partial charge in [-0.05, 0) is 12.1 Å². The maximum atomic E-state index is 12.3. The minimum atomic E-state index is -3.43. The van der Waals surface area contributed by atoms with Crippen molar-refractivity contribution in [3.05, 3.63) is 54.1 Å². The average Bonchev–Trinajstić information content (AvgIpc) is 2.60. The molecule has 0 unspecified atom stereocenters. The van der Waals surface area contributed by atoms with Crippen molar-refractivity contribution < 1.29 is 13.2 Å². The van der Waals surface area contributed by atoms with Crippen molar-refractivity contribution in [3.63, 3.8) is 0 Å². The maximum Gasteiger partial charge on any atom is 0.223 e. The Balaban J connectivity index is 1.63. The van der Waals surface area contributed by atoms with E-state index in [1.165, 1.54) is 6.33 Å². The van der Waals surface area contributed by atoms with Crippen LogP contribution in [0, 0.1) is 0 Å². The maximum absolute atomic E-state index is 12.3. The SMILES string of the molecule is O=C(CCS(=O)(=O)c1ccccc1)N1CCc2ncncc2C1. The molecule has 0 saturated carbocycles. The molecule has 120 valence electrons. The van der Waals surface area contributed by atoms with Crippen LogP contribution in [0.2, 0.25) is 0 Å². The van der Waals surface area contributed by atoms with Gasteiger partial charge in [-0.1, -0.05) is 18.2 Å². The number of nitrogens with zero attached hydrogens (tertiary/aromatic N) is 3. The Labute approximate surface area is 135 Å². The van der Waals surface area contributed by atoms with Crippen LogP contribution in [0.4, 0.5) is 0 Å². The third kappa shape index (κ3) is 3.56. The van der Waals surface area contributed by atoms with Gasteiger partial charge < -0.3 is 4.90 Å². The number of hydrogen-bond donors (Lipinski definition) is 0. The predicted molar refractivity (Wildman–Crippen MR) is 84.3 cm³/mol. The third-order valence-corrected chi connectivity index (χ3v) is 5.63. The number of benzene rings is 1. The summed E-state index contributed by atoms with van der Waals surface area (Å²) in [7, 11) is -3.43. The molecule has 0 aliphatic carbocycles. The van der Waals surface area contributed by atoms with Crippen LogP contribution in [-0.4, -0.2) is 41.5 Å². The molecule has 1 aliphatic rings. The smallest absolute Gasteiger partial charge is 0.223 e. The fourth-order valence-corrected chi connectivity index (χ4v) is 3.86. The summed E-state index contributed by atoms with van der Waals surface area (Å²) >= 11 is 0. The molecule has 2 heterocycles. The van der Waals surface area contributed by atoms with Crippen molar-refractivity contribution >= 4 is 15.7 Å². The summed E-state index contributed by atoms with van der Waals surface area (Å²) in [6, 6.07) is 8.21. The molecule has 23 heavy (non-hydrogen) atoms. The number of fused-ring (bicyclic) bond motifs is 1. The van der Waals surface area contributed by atoms with Crippen molar-refractivity contribution in [2.45, 2.75) is 24.3 Å². The summed E-state index contributed by atoms with van der Waals surface area (Å²) in [4.78, 5) is 22.4. The molecule has 2 aromatic rings. The Hall–Kier alpha value is -2.28. The van der Waals surface area contributed by atoms with E-state index >= 15 is 0 Å². The average molecular weight is 331 g/mol. The topological polar surface area (TPSA) is 80.2 Å². The zero-order valence-corrected chi connectivity index (χ0v) is 13.4. The molecule has 0 bridgehead atoms. The number of carbonyl (C=O) groups is 1. The molecule has 1 aliphatic heterocycles. The highest BCUT2D eigenvalue weighted by Crippen LogP contribution is 2.17. The van der Waals surface area contributed by atoms with Gasteiger partial charge in [-0.3, -0.25) is 4.79 Å². The fourth-order valence-electron chi connectivity index (χ4n) is 2.60. The molecule has 3 rings (SSSR count). The first-order chi connectivity index (χ1) is 11.1. The lowest BCUT2D eigenvalue weighted by Crippen LogP contribution is -2.37. The molecule has 6 nitrogen and oxygen atoms in total. The quantitative estimate of drug-likeness (QED) is 0.842. The van der Waals surface area contributed by atoms with Gasteiger partial charge in [-0.15, -0.1) is 0 Å². The minimum Gasteiger partial charge on any atom is -0.338 e. The monoisotopic (exact) mass is 331 g/mol. The summed E-state index contributed by atoms with van der Waals surface area (Å²) in [6.45, 7) is 1.01. The second kappa shape index (κ2) is 6.45. The van der Waals surface area contributed by atoms with Crippen molar-refractivity contribution in [1.82, 2.24) is 14.9 Å². The number of hydrogen-bond acceptors (Lipinski definition) is 5. The first kappa shape index (κ1) is 15.6. The van der Waals surface area contributed by atoms with Crippen LogP contribution in [0.5, 0.6) is 0 Å². The zero-order chi connectivity index (χ0) is 16.3. The van der Waals surface area contributed by atoms with Crippen LogP contribution < -0.4 is 0 Å². The second-order valence-electron chi connectivity index (χ2n) is 5.44. The lowest BCUT2D eigenvalue weighted by atomic mass is 10.1. The Morgan fingerprint density at radius 3 is 2.78 bits per heavy atom. The van der Waals surface area contributed by atoms with Crippen LogP contribution >= 0.6 is 0 Å². The molecule has 0 saturated heterocycles. The molecule has 7 heteroatoms. The number of carbonyl (C=O) groups excluding carboxylic acids is 1. The predicted octanol–water partition coefficient (Wildman–Crippen LogP) is 1.23. The first-order valence-electron chi connectivity index (χ1n) is 7.39. The molecule has 1 aromatic carbocycles. The number of amides is 1. The highest BCUT2D eigenvalue weighted by atomic mass is 32.2. The van der Waals surface area contributed by atoms with Gasteiger partial charge in [0.05, 0.1) is 16.3 Å². The highest BCUT2D eigenvalue weighted by Gasteiger charge is 2.23. The van der Waals surface area contributed by atoms with Crippen LogP contribution in [0.15, 0.2) is 47.8 Å². The second-order valence-corrected chi connectivity index (χ2v) is 7.55. The van der Waals surface area contributed by atoms with Crippen LogP contribution in [0.25, 0.3) is 0 Å². The van der Waals surface area contributed by atoms with E-state index in [4.69, 9.17) is 0 Å². The van der Waals surface area contributed by atoms with Gasteiger partial charge in [0.1, 0.15) is 6.33 Å². The molecule has 0 N–H and O–H groups in total. The molecular weight excluding hydrogens is 314 g/mol. The molecule has 0 atom stereocenters. The summed E-state index contributed by atoms with van der Waals surface area (Å²) in [5, 5.41) is 0. The van der Waals surface area contributed by atoms with Crippen molar-refractivity contribution in [2.24, 2.45) is 0 Å². The van der Waals surface area contributed by atoms with E-state index in [0.717, 1.165) is 11.3 Å². The van der Waals surface area contributed by atoms with E-state index in [2.05, 4.69) is 9.97 Å². The van der Waals surface area contributed by atoms with Gasteiger partial charge >= 0.3 is 0 Å². The largest absolute Gasteiger partial charge is 0.338 e. The minimum absolute atomic E-state index is 0.0136. The summed E-state index contributed by atoms with van der Waals surface area (Å²) < 4.78 is 24.5. The van der Waals surface area contributed by atoms with E-state index < -0.39 is 9.84 Å². The lowest BCUT2D eigenvalue weighted by Gasteiger charge is -2.27. The van der Waals surface area contributed by atoms with Crippen LogP contribution in [0.3, 0.4) is 0 Å². The number of aromatic nitrogens is 2. The Kier molecular flexibility index (Phi) is 4.38. The van der Waals surface area contributed by atoms with E-state index in [9.17, 15) is 13.2 Å². The Morgan fingerprint density at radius 1 is 1.22 bits per heavy atom. The summed E-state index contributed by atoms with van der Waals surface area (Å²) in [6.07, 6.45) is 3.88. The first-order valence-corrected chi connectivity index (χ1v) is 9.05. The Morgan fingerprint density at radius 2 is 2.00 bits per heavy atom. The van der Waals surface area contributed by atoms with Crippen LogP contribution in [-0.2, 0) is 27.6 Å². The van der Waals surface area contributed by atoms with Crippen molar-refractivity contribution in [3.8, 4) is 0 Å². The van der Waals surface area contributed by atoms with Gasteiger partial charge in [0.25, 0.3) is 0 Å². The van der Waals surface area contributed by atoms with Crippen molar-refractivity contribution in [2.75, 3.05) is 12.3 Å². The number of rotatable bonds is 4. The molecule has 1 aromatic heterocycles. The normalized spacial score (nSPS) is 14.3. The molecule has 0 radical (unpaired) electrons. The summed E-state index contributed by atoms with van der Waals surface area (Å²) in [5.74, 6) is -0.330. The van der Waals surface area contributed by atoms with Crippen molar-refractivity contribution in [1.29, 1.82) is 0 Å². The van der Waals surface area contributed by atoms with Gasteiger partial charge in [0.2, 0.25) is 5.91 Å². The Bertz CT molecular complexity index is 806. The van der Waals surface area contributed by atoms with Gasteiger partial charge in [-0.2, -0.15) is 0 Å². The van der Waals surface area contributed by atoms with Gasteiger partial charge in [0, 0.05) is 37.7 Å². The lowest BCUT2D eigenvalue weighted by molar-refractivity contribution is -0.131. The number of sulfone groups is 1.